The number of phenolic OH excluding ortho intramolecular Hbond substituents is 1. The predicted octanol–water partition coefficient (Wildman–Crippen LogP) is 6.59. The van der Waals surface area contributed by atoms with Gasteiger partial charge in [0.25, 0.3) is 0 Å². The molecule has 2 aromatic rings. The summed E-state index contributed by atoms with van der Waals surface area (Å²) >= 11 is 1.75. The van der Waals surface area contributed by atoms with Gasteiger partial charge in [0.05, 0.1) is 0 Å². The Morgan fingerprint density at radius 1 is 0.923 bits per heavy atom. The fourth-order valence-corrected chi connectivity index (χ4v) is 2.24. The zero-order valence-electron chi connectivity index (χ0n) is 15.5. The predicted molar refractivity (Wildman–Crippen MR) is 115 cm³/mol. The molecule has 0 bridgehead atoms. The second-order valence-electron chi connectivity index (χ2n) is 6.36. The van der Waals surface area contributed by atoms with Crippen LogP contribution in [0.25, 0.3) is 11.1 Å². The summed E-state index contributed by atoms with van der Waals surface area (Å²) in [5, 5.41) is 9.27. The second-order valence-corrected chi connectivity index (χ2v) is 6.36. The molecule has 1 aliphatic carbocycles. The van der Waals surface area contributed by atoms with E-state index in [0.29, 0.717) is 11.2 Å². The van der Waals surface area contributed by atoms with Crippen LogP contribution in [0, 0.1) is 11.5 Å². The van der Waals surface area contributed by atoms with Crippen LogP contribution in [0.5, 0.6) is 5.75 Å². The van der Waals surface area contributed by atoms with Crippen LogP contribution < -0.4 is 0 Å². The maximum absolute atomic E-state index is 9.27. The van der Waals surface area contributed by atoms with Crippen molar-refractivity contribution < 1.29 is 25.1 Å². The second kappa shape index (κ2) is 14.0. The number of hydrogen-bond acceptors (Lipinski definition) is 1. The molecule has 3 rings (SSSR count). The Labute approximate surface area is 182 Å². The van der Waals surface area contributed by atoms with Gasteiger partial charge in [-0.25, -0.2) is 11.6 Å². The summed E-state index contributed by atoms with van der Waals surface area (Å²) in [6.07, 6.45) is 8.63. The van der Waals surface area contributed by atoms with Gasteiger partial charge in [-0.05, 0) is 28.7 Å². The molecule has 0 amide bonds. The van der Waals surface area contributed by atoms with E-state index < -0.39 is 0 Å². The molecule has 0 saturated heterocycles. The molecule has 139 valence electrons. The van der Waals surface area contributed by atoms with Crippen molar-refractivity contribution in [1.29, 1.82) is 0 Å². The van der Waals surface area contributed by atoms with Crippen molar-refractivity contribution in [2.24, 2.45) is 5.41 Å². The van der Waals surface area contributed by atoms with Crippen LogP contribution in [0.4, 0.5) is 0 Å². The van der Waals surface area contributed by atoms with Crippen molar-refractivity contribution in [2.45, 2.75) is 27.2 Å². The average molecular weight is 426 g/mol. The van der Waals surface area contributed by atoms with Gasteiger partial charge in [0.1, 0.15) is 5.75 Å². The van der Waals surface area contributed by atoms with Gasteiger partial charge in [-0.15, -0.1) is 31.2 Å². The van der Waals surface area contributed by atoms with Gasteiger partial charge in [-0.3, -0.25) is 6.08 Å². The normalized spacial score (nSPS) is 11.5. The van der Waals surface area contributed by atoms with E-state index in [0.717, 1.165) is 17.5 Å². The molecule has 1 aliphatic rings. The summed E-state index contributed by atoms with van der Waals surface area (Å²) in [4.78, 5) is 3.25. The third-order valence-electron chi connectivity index (χ3n) is 3.46. The first-order valence-electron chi connectivity index (χ1n) is 7.94. The first-order valence-corrected chi connectivity index (χ1v) is 9.05. The van der Waals surface area contributed by atoms with E-state index >= 15 is 0 Å². The van der Waals surface area contributed by atoms with Crippen molar-refractivity contribution in [3.63, 3.8) is 0 Å². The van der Waals surface area contributed by atoms with E-state index in [9.17, 15) is 5.11 Å². The number of benzene rings is 2. The fraction of sp³-hybridized carbons (Fsp3) is 0.227. The van der Waals surface area contributed by atoms with Gasteiger partial charge in [0.15, 0.2) is 0 Å². The molecule has 0 spiro atoms. The van der Waals surface area contributed by atoms with Crippen molar-refractivity contribution in [1.82, 2.24) is 0 Å². The standard InChI is InChI=1S/C12H10O.C9H13.CH2.2ClH.Ti/c13-12-8-4-7-11(9-12)10-5-2-1-3-6-10;1-9(2,3)8-6-4-5-7-8;;;;/h1-9,13H;4,6H,5H2,1-3H3;1H2;2*1H;/q;-1;;;;+1. The van der Waals surface area contributed by atoms with E-state index in [-0.39, 0.29) is 24.8 Å². The van der Waals surface area contributed by atoms with E-state index in [4.69, 9.17) is 0 Å². The molecule has 0 aliphatic heterocycles. The van der Waals surface area contributed by atoms with Gasteiger partial charge in [0, 0.05) is 0 Å². The minimum atomic E-state index is 0. The SMILES string of the molecule is CC(C)(C)C1=[C-]CC=C1.Cl.Cl.Oc1cccc(-c2ccccc2)c1.[CH2]=[Ti+]. The Kier molecular flexibility index (Phi) is 14.6. The molecule has 0 saturated carbocycles. The summed E-state index contributed by atoms with van der Waals surface area (Å²) in [6, 6.07) is 17.3. The summed E-state index contributed by atoms with van der Waals surface area (Å²) in [6.45, 7) is 6.64. The number of allylic oxidation sites excluding steroid dienone is 4. The summed E-state index contributed by atoms with van der Waals surface area (Å²) in [5.41, 5.74) is 3.81. The molecule has 0 unspecified atom stereocenters. The molecule has 0 fully saturated rings. The Hall–Kier alpha value is -1.12. The van der Waals surface area contributed by atoms with Crippen LogP contribution in [0.1, 0.15) is 27.2 Å². The number of aromatic hydroxyl groups is 1. The van der Waals surface area contributed by atoms with Crippen molar-refractivity contribution >= 4 is 29.6 Å². The Balaban J connectivity index is 0. The Bertz CT molecular complexity index is 689. The molecule has 1 N–H and O–H groups in total. The maximum atomic E-state index is 9.27. The third-order valence-corrected chi connectivity index (χ3v) is 3.46. The van der Waals surface area contributed by atoms with Gasteiger partial charge in [-0.1, -0.05) is 63.2 Å². The fourth-order valence-electron chi connectivity index (χ4n) is 2.24. The zero-order valence-corrected chi connectivity index (χ0v) is 18.7. The average Bonchev–Trinajstić information content (AvgIpc) is 3.13. The van der Waals surface area contributed by atoms with E-state index in [1.165, 1.54) is 5.57 Å². The van der Waals surface area contributed by atoms with Crippen LogP contribution in [-0.2, 0) is 20.0 Å². The molecule has 2 aromatic carbocycles. The first-order chi connectivity index (χ1) is 11.5. The molecule has 4 heteroatoms. The van der Waals surface area contributed by atoms with E-state index in [1.54, 1.807) is 32.1 Å². The van der Waals surface area contributed by atoms with Gasteiger partial charge in [-0.2, -0.15) is 6.08 Å². The number of halogens is 2. The summed E-state index contributed by atoms with van der Waals surface area (Å²) in [7, 11) is 0. The van der Waals surface area contributed by atoms with Crippen LogP contribution in [0.3, 0.4) is 0 Å². The summed E-state index contributed by atoms with van der Waals surface area (Å²) in [5.74, 6) is 0.307. The van der Waals surface area contributed by atoms with Crippen molar-refractivity contribution in [3.05, 3.63) is 78.4 Å². The van der Waals surface area contributed by atoms with Gasteiger partial charge in [0.2, 0.25) is 0 Å². The monoisotopic (exact) mass is 425 g/mol. The molecule has 0 radical (unpaired) electrons. The minimum absolute atomic E-state index is 0. The van der Waals surface area contributed by atoms with E-state index in [2.05, 4.69) is 43.8 Å². The van der Waals surface area contributed by atoms with E-state index in [1.807, 2.05) is 42.5 Å². The van der Waals surface area contributed by atoms with Gasteiger partial charge >= 0.3 is 24.8 Å². The Morgan fingerprint density at radius 3 is 1.92 bits per heavy atom. The zero-order chi connectivity index (χ0) is 18.0. The molecule has 0 aromatic heterocycles. The molecular weight excluding hydrogens is 399 g/mol. The summed E-state index contributed by atoms with van der Waals surface area (Å²) < 4.78 is 0. The molecule has 0 heterocycles. The van der Waals surface area contributed by atoms with Crippen LogP contribution in [0.15, 0.2) is 72.3 Å². The van der Waals surface area contributed by atoms with Crippen molar-refractivity contribution in [2.75, 3.05) is 0 Å². The topological polar surface area (TPSA) is 20.2 Å². The molecular formula is C22H27Cl2OTi. The number of rotatable bonds is 1. The van der Waals surface area contributed by atoms with Gasteiger partial charge < -0.3 is 5.11 Å². The van der Waals surface area contributed by atoms with Crippen LogP contribution >= 0.6 is 24.8 Å². The quantitative estimate of drug-likeness (QED) is 0.403. The number of hydrogen-bond donors (Lipinski definition) is 1. The molecule has 1 nitrogen and oxygen atoms in total. The van der Waals surface area contributed by atoms with Crippen LogP contribution in [0.2, 0.25) is 0 Å². The molecule has 0 atom stereocenters. The number of phenols is 1. The third kappa shape index (κ3) is 9.55. The van der Waals surface area contributed by atoms with Crippen molar-refractivity contribution in [3.8, 4) is 16.9 Å². The molecule has 26 heavy (non-hydrogen) atoms. The van der Waals surface area contributed by atoms with Crippen LogP contribution in [-0.4, -0.2) is 9.92 Å². The Morgan fingerprint density at radius 2 is 1.50 bits per heavy atom. The first kappa shape index (κ1) is 27.1.